The second-order valence-corrected chi connectivity index (χ2v) is 7.49. The molecular weight excluding hydrogens is 420 g/mol. The first-order chi connectivity index (χ1) is 11.2. The molecule has 4 heteroatoms. The van der Waals surface area contributed by atoms with Gasteiger partial charge in [0.15, 0.2) is 0 Å². The van der Waals surface area contributed by atoms with E-state index < -0.39 is 0 Å². The third kappa shape index (κ3) is 2.71. The molecule has 0 spiro atoms. The fraction of sp³-hybridized carbons (Fsp3) is 0.263. The van der Waals surface area contributed by atoms with E-state index in [1.54, 1.807) is 7.11 Å². The van der Waals surface area contributed by atoms with Gasteiger partial charge in [0.2, 0.25) is 0 Å². The van der Waals surface area contributed by atoms with Crippen LogP contribution in [0.5, 0.6) is 5.75 Å². The van der Waals surface area contributed by atoms with Crippen LogP contribution in [0.15, 0.2) is 45.3 Å². The zero-order chi connectivity index (χ0) is 16.0. The summed E-state index contributed by atoms with van der Waals surface area (Å²) >= 11 is 7.15. The van der Waals surface area contributed by atoms with E-state index in [-0.39, 0.29) is 18.1 Å². The lowest BCUT2D eigenvalue weighted by molar-refractivity contribution is 0.0656. The van der Waals surface area contributed by atoms with Crippen molar-refractivity contribution in [1.29, 1.82) is 0 Å². The number of rotatable bonds is 1. The van der Waals surface area contributed by atoms with Gasteiger partial charge in [0, 0.05) is 14.5 Å². The Morgan fingerprint density at radius 3 is 2.48 bits per heavy atom. The van der Waals surface area contributed by atoms with Crippen LogP contribution in [0.25, 0.3) is 0 Å². The summed E-state index contributed by atoms with van der Waals surface area (Å²) in [6.45, 7) is 0. The Bertz CT molecular complexity index is 818. The molecule has 1 saturated heterocycles. The molecule has 1 fully saturated rings. The minimum Gasteiger partial charge on any atom is -0.497 e. The van der Waals surface area contributed by atoms with Crippen LogP contribution in [0, 0.1) is 17.8 Å². The highest BCUT2D eigenvalue weighted by atomic mass is 79.9. The van der Waals surface area contributed by atoms with Gasteiger partial charge in [0.1, 0.15) is 5.75 Å². The summed E-state index contributed by atoms with van der Waals surface area (Å²) in [6.07, 6.45) is 1.23. The topological polar surface area (TPSA) is 18.5 Å². The minimum absolute atomic E-state index is 0.0881. The second-order valence-electron chi connectivity index (χ2n) is 5.78. The van der Waals surface area contributed by atoms with Gasteiger partial charge in [0.05, 0.1) is 25.2 Å². The van der Waals surface area contributed by atoms with Crippen LogP contribution < -0.4 is 4.74 Å². The van der Waals surface area contributed by atoms with E-state index in [0.29, 0.717) is 0 Å². The highest BCUT2D eigenvalue weighted by molar-refractivity contribution is 9.13. The Morgan fingerprint density at radius 2 is 1.78 bits per heavy atom. The molecule has 2 unspecified atom stereocenters. The molecule has 116 valence electrons. The molecular formula is C19H14Br2O2. The molecule has 0 amide bonds. The molecule has 2 aromatic carbocycles. The number of benzene rings is 2. The van der Waals surface area contributed by atoms with Crippen molar-refractivity contribution in [3.63, 3.8) is 0 Å². The molecule has 2 aliphatic heterocycles. The van der Waals surface area contributed by atoms with E-state index in [9.17, 15) is 0 Å². The normalized spacial score (nSPS) is 24.0. The van der Waals surface area contributed by atoms with E-state index in [1.807, 2.05) is 24.3 Å². The Hall–Kier alpha value is -1.28. The average molecular weight is 434 g/mol. The molecule has 2 nitrogen and oxygen atoms in total. The van der Waals surface area contributed by atoms with E-state index in [0.717, 1.165) is 26.7 Å². The maximum Gasteiger partial charge on any atom is 0.118 e. The third-order valence-electron chi connectivity index (χ3n) is 4.42. The fourth-order valence-electron chi connectivity index (χ4n) is 3.26. The molecule has 0 N–H and O–H groups in total. The molecule has 0 saturated carbocycles. The Labute approximate surface area is 152 Å². The third-order valence-corrected chi connectivity index (χ3v) is 6.26. The summed E-state index contributed by atoms with van der Waals surface area (Å²) < 4.78 is 13.4. The van der Waals surface area contributed by atoms with Gasteiger partial charge in [-0.3, -0.25) is 0 Å². The average Bonchev–Trinajstić information content (AvgIpc) is 3.13. The van der Waals surface area contributed by atoms with E-state index in [4.69, 9.17) is 9.47 Å². The summed E-state index contributed by atoms with van der Waals surface area (Å²) in [5, 5.41) is 0. The SMILES string of the molecule is COc1ccc(C#C[C@@H]2CC3OC2c2cc(Br)c(Br)cc23)cc1. The fourth-order valence-corrected chi connectivity index (χ4v) is 3.98. The largest absolute Gasteiger partial charge is 0.497 e. The van der Waals surface area contributed by atoms with Crippen molar-refractivity contribution in [3.05, 3.63) is 62.0 Å². The van der Waals surface area contributed by atoms with Gasteiger partial charge in [-0.1, -0.05) is 11.8 Å². The van der Waals surface area contributed by atoms with Crippen molar-refractivity contribution in [3.8, 4) is 17.6 Å². The van der Waals surface area contributed by atoms with Crippen molar-refractivity contribution >= 4 is 31.9 Å². The lowest BCUT2D eigenvalue weighted by Crippen LogP contribution is -2.09. The number of methoxy groups -OCH3 is 1. The maximum atomic E-state index is 6.13. The molecule has 0 aliphatic carbocycles. The van der Waals surface area contributed by atoms with Gasteiger partial charge < -0.3 is 9.47 Å². The van der Waals surface area contributed by atoms with Crippen LogP contribution in [-0.4, -0.2) is 7.11 Å². The zero-order valence-electron chi connectivity index (χ0n) is 12.5. The monoisotopic (exact) mass is 432 g/mol. The van der Waals surface area contributed by atoms with Crippen LogP contribution in [-0.2, 0) is 4.74 Å². The van der Waals surface area contributed by atoms with E-state index >= 15 is 0 Å². The van der Waals surface area contributed by atoms with Crippen molar-refractivity contribution in [2.24, 2.45) is 5.92 Å². The minimum atomic E-state index is 0.0881. The summed E-state index contributed by atoms with van der Waals surface area (Å²) in [4.78, 5) is 0. The zero-order valence-corrected chi connectivity index (χ0v) is 15.6. The lowest BCUT2D eigenvalue weighted by atomic mass is 9.84. The molecule has 2 bridgehead atoms. The first kappa shape index (κ1) is 15.3. The quantitative estimate of drug-likeness (QED) is 0.560. The Kier molecular flexibility index (Phi) is 3.96. The van der Waals surface area contributed by atoms with Crippen molar-refractivity contribution in [1.82, 2.24) is 0 Å². The highest BCUT2D eigenvalue weighted by Crippen LogP contribution is 2.54. The van der Waals surface area contributed by atoms with Crippen molar-refractivity contribution in [2.75, 3.05) is 7.11 Å². The van der Waals surface area contributed by atoms with Gasteiger partial charge in [-0.05, 0) is 85.8 Å². The van der Waals surface area contributed by atoms with Gasteiger partial charge in [-0.25, -0.2) is 0 Å². The predicted molar refractivity (Wildman–Crippen MR) is 96.4 cm³/mol. The standard InChI is InChI=1S/C19H14Br2O2/c1-22-13-6-3-11(4-7-13)2-5-12-8-18-14-9-16(20)17(21)10-15(14)19(12)23-18/h3-4,6-7,9-10,12,18-19H,8H2,1H3/t12-,18?,19?/m1/s1. The number of fused-ring (bicyclic) bond motifs is 5. The maximum absolute atomic E-state index is 6.13. The number of hydrogen-bond donors (Lipinski definition) is 0. The molecule has 2 heterocycles. The highest BCUT2D eigenvalue weighted by Gasteiger charge is 2.44. The van der Waals surface area contributed by atoms with Gasteiger partial charge in [0.25, 0.3) is 0 Å². The number of halogens is 2. The van der Waals surface area contributed by atoms with Crippen LogP contribution in [0.3, 0.4) is 0 Å². The first-order valence-corrected chi connectivity index (χ1v) is 9.04. The Balaban J connectivity index is 1.59. The lowest BCUT2D eigenvalue weighted by Gasteiger charge is -2.17. The van der Waals surface area contributed by atoms with Crippen molar-refractivity contribution < 1.29 is 9.47 Å². The summed E-state index contributed by atoms with van der Waals surface area (Å²) in [5.41, 5.74) is 3.57. The molecule has 2 aromatic rings. The molecule has 3 atom stereocenters. The predicted octanol–water partition coefficient (Wildman–Crippen LogP) is 5.40. The van der Waals surface area contributed by atoms with Crippen LogP contribution in [0.2, 0.25) is 0 Å². The van der Waals surface area contributed by atoms with Gasteiger partial charge in [-0.15, -0.1) is 0 Å². The molecule has 0 radical (unpaired) electrons. The summed E-state index contributed by atoms with van der Waals surface area (Å²) in [6, 6.07) is 12.2. The van der Waals surface area contributed by atoms with Crippen molar-refractivity contribution in [2.45, 2.75) is 18.6 Å². The van der Waals surface area contributed by atoms with Gasteiger partial charge in [-0.2, -0.15) is 0 Å². The molecule has 0 aromatic heterocycles. The van der Waals surface area contributed by atoms with E-state index in [2.05, 4.69) is 55.8 Å². The van der Waals surface area contributed by atoms with Gasteiger partial charge >= 0.3 is 0 Å². The van der Waals surface area contributed by atoms with Crippen LogP contribution in [0.1, 0.15) is 35.3 Å². The van der Waals surface area contributed by atoms with E-state index in [1.165, 1.54) is 11.1 Å². The molecule has 23 heavy (non-hydrogen) atoms. The number of ether oxygens (including phenoxy) is 2. The first-order valence-electron chi connectivity index (χ1n) is 7.45. The number of hydrogen-bond acceptors (Lipinski definition) is 2. The molecule has 2 aliphatic rings. The second kappa shape index (κ2) is 5.98. The smallest absolute Gasteiger partial charge is 0.118 e. The summed E-state index contributed by atoms with van der Waals surface area (Å²) in [5.74, 6) is 7.77. The molecule has 4 rings (SSSR count). The van der Waals surface area contributed by atoms with Crippen LogP contribution in [0.4, 0.5) is 0 Å². The Morgan fingerprint density at radius 1 is 1.09 bits per heavy atom. The van der Waals surface area contributed by atoms with Crippen LogP contribution >= 0.6 is 31.9 Å². The summed E-state index contributed by atoms with van der Waals surface area (Å²) in [7, 11) is 1.67.